The molecule has 0 saturated carbocycles. The number of hydrogen-bond acceptors (Lipinski definition) is 3. The number of nitrogens with one attached hydrogen (secondary N) is 1. The molecule has 4 nitrogen and oxygen atoms in total. The van der Waals surface area contributed by atoms with Gasteiger partial charge in [-0.1, -0.05) is 12.2 Å². The number of carbonyl (C=O) groups excluding carboxylic acids is 2. The number of amides is 1. The van der Waals surface area contributed by atoms with Gasteiger partial charge in [-0.05, 0) is 33.1 Å². The molecule has 4 heteroatoms. The highest BCUT2D eigenvalue weighted by Gasteiger charge is 2.32. The third-order valence-electron chi connectivity index (χ3n) is 2.77. The molecule has 1 rings (SSSR count). The van der Waals surface area contributed by atoms with Crippen molar-refractivity contribution in [3.05, 3.63) is 12.2 Å². The minimum absolute atomic E-state index is 0.0195. The summed E-state index contributed by atoms with van der Waals surface area (Å²) in [6.07, 6.45) is 6.62. The maximum atomic E-state index is 11.9. The topological polar surface area (TPSA) is 55.4 Å². The average molecular weight is 225 g/mol. The first-order chi connectivity index (χ1) is 7.47. The lowest BCUT2D eigenvalue weighted by atomic mass is 9.92. The van der Waals surface area contributed by atoms with Crippen molar-refractivity contribution in [3.8, 4) is 0 Å². The van der Waals surface area contributed by atoms with Gasteiger partial charge in [-0.15, -0.1) is 0 Å². The molecule has 0 aromatic heterocycles. The number of ether oxygens (including phenoxy) is 1. The Morgan fingerprint density at radius 2 is 2.06 bits per heavy atom. The van der Waals surface area contributed by atoms with Crippen molar-refractivity contribution in [2.45, 2.75) is 38.6 Å². The fraction of sp³-hybridized carbons (Fsp3) is 0.667. The van der Waals surface area contributed by atoms with Crippen LogP contribution >= 0.6 is 0 Å². The van der Waals surface area contributed by atoms with E-state index < -0.39 is 11.5 Å². The molecule has 0 aliphatic heterocycles. The molecule has 0 fully saturated rings. The third-order valence-corrected chi connectivity index (χ3v) is 2.77. The molecule has 0 unspecified atom stereocenters. The first kappa shape index (κ1) is 12.7. The van der Waals surface area contributed by atoms with Crippen molar-refractivity contribution in [1.82, 2.24) is 5.32 Å². The Labute approximate surface area is 96.0 Å². The van der Waals surface area contributed by atoms with Crippen molar-refractivity contribution < 1.29 is 14.3 Å². The highest BCUT2D eigenvalue weighted by Crippen LogP contribution is 2.19. The van der Waals surface area contributed by atoms with Crippen LogP contribution in [0.1, 0.15) is 33.1 Å². The summed E-state index contributed by atoms with van der Waals surface area (Å²) < 4.78 is 4.64. The van der Waals surface area contributed by atoms with Crippen molar-refractivity contribution in [3.63, 3.8) is 0 Å². The van der Waals surface area contributed by atoms with Gasteiger partial charge in [-0.2, -0.15) is 0 Å². The molecule has 1 atom stereocenters. The Bertz CT molecular complexity index is 307. The van der Waals surface area contributed by atoms with E-state index in [0.717, 1.165) is 19.3 Å². The normalized spacial score (nSPS) is 20.3. The molecular formula is C12H19NO3. The van der Waals surface area contributed by atoms with Gasteiger partial charge < -0.3 is 10.1 Å². The smallest absolute Gasteiger partial charge is 0.330 e. The molecule has 1 N–H and O–H groups in total. The van der Waals surface area contributed by atoms with Gasteiger partial charge in [-0.3, -0.25) is 4.79 Å². The van der Waals surface area contributed by atoms with Gasteiger partial charge in [0, 0.05) is 5.92 Å². The molecular weight excluding hydrogens is 206 g/mol. The van der Waals surface area contributed by atoms with Crippen LogP contribution in [-0.4, -0.2) is 24.5 Å². The predicted octanol–water partition coefficient (Wildman–Crippen LogP) is 1.41. The summed E-state index contributed by atoms with van der Waals surface area (Å²) in [6, 6.07) is 0. The first-order valence-electron chi connectivity index (χ1n) is 5.53. The number of methoxy groups -OCH3 is 1. The number of carbonyl (C=O) groups is 2. The van der Waals surface area contributed by atoms with Crippen molar-refractivity contribution in [1.29, 1.82) is 0 Å². The van der Waals surface area contributed by atoms with Gasteiger partial charge in [0.25, 0.3) is 0 Å². The van der Waals surface area contributed by atoms with E-state index in [1.165, 1.54) is 7.11 Å². The molecule has 1 aliphatic rings. The Hall–Kier alpha value is -1.32. The maximum absolute atomic E-state index is 11.9. The molecule has 0 bridgehead atoms. The van der Waals surface area contributed by atoms with Crippen LogP contribution in [0.3, 0.4) is 0 Å². The quantitative estimate of drug-likeness (QED) is 0.583. The molecule has 0 aromatic rings. The summed E-state index contributed by atoms with van der Waals surface area (Å²) in [4.78, 5) is 23.3. The Morgan fingerprint density at radius 3 is 2.56 bits per heavy atom. The molecule has 1 amide bonds. The van der Waals surface area contributed by atoms with Crippen LogP contribution in [0.5, 0.6) is 0 Å². The number of rotatable bonds is 3. The van der Waals surface area contributed by atoms with Crippen molar-refractivity contribution >= 4 is 11.9 Å². The van der Waals surface area contributed by atoms with E-state index in [2.05, 4.69) is 16.1 Å². The van der Waals surface area contributed by atoms with Crippen LogP contribution in [0.4, 0.5) is 0 Å². The lowest BCUT2D eigenvalue weighted by molar-refractivity contribution is -0.150. The van der Waals surface area contributed by atoms with Crippen LogP contribution in [-0.2, 0) is 14.3 Å². The van der Waals surface area contributed by atoms with Gasteiger partial charge in [-0.25, -0.2) is 4.79 Å². The second kappa shape index (κ2) is 5.14. The zero-order valence-electron chi connectivity index (χ0n) is 10.1. The van der Waals surface area contributed by atoms with E-state index in [-0.39, 0.29) is 11.8 Å². The number of allylic oxidation sites excluding steroid dienone is 2. The molecule has 1 aliphatic carbocycles. The largest absolute Gasteiger partial charge is 0.467 e. The molecule has 0 heterocycles. The average Bonchev–Trinajstić information content (AvgIpc) is 2.28. The zero-order chi connectivity index (χ0) is 12.2. The lowest BCUT2D eigenvalue weighted by Gasteiger charge is -2.26. The fourth-order valence-corrected chi connectivity index (χ4v) is 1.75. The highest BCUT2D eigenvalue weighted by atomic mass is 16.5. The lowest BCUT2D eigenvalue weighted by Crippen LogP contribution is -2.52. The summed E-state index contributed by atoms with van der Waals surface area (Å²) in [5, 5.41) is 2.73. The summed E-state index contributed by atoms with van der Waals surface area (Å²) >= 11 is 0. The van der Waals surface area contributed by atoms with E-state index in [9.17, 15) is 9.59 Å². The van der Waals surface area contributed by atoms with E-state index in [4.69, 9.17) is 0 Å². The van der Waals surface area contributed by atoms with Gasteiger partial charge in [0.05, 0.1) is 7.11 Å². The SMILES string of the molecule is COC(=O)C(C)(C)NC(=O)[C@H]1CC=CCC1. The summed E-state index contributed by atoms with van der Waals surface area (Å²) in [5.41, 5.74) is -0.951. The van der Waals surface area contributed by atoms with Crippen LogP contribution in [0.15, 0.2) is 12.2 Å². The monoisotopic (exact) mass is 225 g/mol. The minimum atomic E-state index is -0.951. The summed E-state index contributed by atoms with van der Waals surface area (Å²) in [6.45, 7) is 3.30. The van der Waals surface area contributed by atoms with Crippen molar-refractivity contribution in [2.75, 3.05) is 7.11 Å². The molecule has 0 radical (unpaired) electrons. The molecule has 90 valence electrons. The molecule has 0 saturated heterocycles. The fourth-order valence-electron chi connectivity index (χ4n) is 1.75. The van der Waals surface area contributed by atoms with Crippen LogP contribution in [0, 0.1) is 5.92 Å². The first-order valence-corrected chi connectivity index (χ1v) is 5.53. The molecule has 0 spiro atoms. The van der Waals surface area contributed by atoms with E-state index in [1.54, 1.807) is 13.8 Å². The summed E-state index contributed by atoms with van der Waals surface area (Å²) in [7, 11) is 1.32. The zero-order valence-corrected chi connectivity index (χ0v) is 10.1. The molecule has 0 aromatic carbocycles. The summed E-state index contributed by atoms with van der Waals surface area (Å²) in [5.74, 6) is -0.513. The second-order valence-electron chi connectivity index (χ2n) is 4.59. The van der Waals surface area contributed by atoms with Gasteiger partial charge in [0.1, 0.15) is 5.54 Å². The second-order valence-corrected chi connectivity index (χ2v) is 4.59. The Kier molecular flexibility index (Phi) is 4.10. The van der Waals surface area contributed by atoms with E-state index in [1.807, 2.05) is 6.08 Å². The Morgan fingerprint density at radius 1 is 1.38 bits per heavy atom. The predicted molar refractivity (Wildman–Crippen MR) is 60.7 cm³/mol. The molecule has 16 heavy (non-hydrogen) atoms. The van der Waals surface area contributed by atoms with Crippen LogP contribution < -0.4 is 5.32 Å². The van der Waals surface area contributed by atoms with Gasteiger partial charge in [0.15, 0.2) is 0 Å². The van der Waals surface area contributed by atoms with E-state index >= 15 is 0 Å². The number of esters is 1. The van der Waals surface area contributed by atoms with Crippen molar-refractivity contribution in [2.24, 2.45) is 5.92 Å². The Balaban J connectivity index is 2.56. The van der Waals surface area contributed by atoms with Crippen LogP contribution in [0.25, 0.3) is 0 Å². The van der Waals surface area contributed by atoms with Gasteiger partial charge >= 0.3 is 5.97 Å². The highest BCUT2D eigenvalue weighted by molar-refractivity contribution is 5.88. The maximum Gasteiger partial charge on any atom is 0.330 e. The third kappa shape index (κ3) is 3.08. The van der Waals surface area contributed by atoms with Crippen LogP contribution in [0.2, 0.25) is 0 Å². The standard InChI is InChI=1S/C12H19NO3/c1-12(2,11(15)16-3)13-10(14)9-7-5-4-6-8-9/h4-5,9H,6-8H2,1-3H3,(H,13,14)/t9-/m0/s1. The minimum Gasteiger partial charge on any atom is -0.467 e. The number of hydrogen-bond donors (Lipinski definition) is 1. The van der Waals surface area contributed by atoms with E-state index in [0.29, 0.717) is 0 Å². The van der Waals surface area contributed by atoms with Gasteiger partial charge in [0.2, 0.25) is 5.91 Å².